The van der Waals surface area contributed by atoms with E-state index in [-0.39, 0.29) is 5.95 Å². The third-order valence-electron chi connectivity index (χ3n) is 1.52. The first-order valence-electron chi connectivity index (χ1n) is 4.05. The monoisotopic (exact) mass is 200 g/mol. The first kappa shape index (κ1) is 10.1. The normalized spacial score (nSPS) is 9.46. The summed E-state index contributed by atoms with van der Waals surface area (Å²) in [7, 11) is 0. The predicted molar refractivity (Wildman–Crippen MR) is 50.1 cm³/mol. The second-order valence-electron chi connectivity index (χ2n) is 2.41. The number of halogens is 2. The molecule has 0 amide bonds. The molecule has 0 spiro atoms. The standard InChI is InChI=1S/C9H10ClFN2/c1-2-13-9(11)8(7-12-13)5-3-4-6-10/h7H,2,4,6H2,1H3. The lowest BCUT2D eigenvalue weighted by Gasteiger charge is -1.93. The van der Waals surface area contributed by atoms with E-state index in [4.69, 9.17) is 11.6 Å². The van der Waals surface area contributed by atoms with Crippen molar-refractivity contribution < 1.29 is 4.39 Å². The molecule has 0 unspecified atom stereocenters. The maximum absolute atomic E-state index is 13.2. The molecule has 0 aliphatic carbocycles. The Morgan fingerprint density at radius 2 is 2.46 bits per heavy atom. The summed E-state index contributed by atoms with van der Waals surface area (Å²) < 4.78 is 14.5. The van der Waals surface area contributed by atoms with E-state index in [9.17, 15) is 4.39 Å². The van der Waals surface area contributed by atoms with E-state index in [2.05, 4.69) is 16.9 Å². The van der Waals surface area contributed by atoms with E-state index in [0.717, 1.165) is 0 Å². The zero-order valence-corrected chi connectivity index (χ0v) is 8.10. The molecule has 1 heterocycles. The lowest BCUT2D eigenvalue weighted by Crippen LogP contribution is -1.99. The van der Waals surface area contributed by atoms with Crippen LogP contribution in [0.25, 0.3) is 0 Å². The van der Waals surface area contributed by atoms with Gasteiger partial charge in [-0.1, -0.05) is 11.8 Å². The van der Waals surface area contributed by atoms with Crippen LogP contribution in [0.2, 0.25) is 0 Å². The number of nitrogens with zero attached hydrogens (tertiary/aromatic N) is 2. The molecule has 2 nitrogen and oxygen atoms in total. The molecular formula is C9H10ClFN2. The van der Waals surface area contributed by atoms with Gasteiger partial charge < -0.3 is 0 Å². The van der Waals surface area contributed by atoms with Gasteiger partial charge >= 0.3 is 0 Å². The Balaban J connectivity index is 2.79. The summed E-state index contributed by atoms with van der Waals surface area (Å²) in [4.78, 5) is 0. The van der Waals surface area contributed by atoms with E-state index in [1.54, 1.807) is 0 Å². The highest BCUT2D eigenvalue weighted by molar-refractivity contribution is 6.18. The van der Waals surface area contributed by atoms with Crippen molar-refractivity contribution >= 4 is 11.6 Å². The second kappa shape index (κ2) is 4.88. The molecule has 1 aromatic rings. The minimum atomic E-state index is -0.371. The molecule has 0 bridgehead atoms. The largest absolute Gasteiger partial charge is 0.239 e. The number of hydrogen-bond donors (Lipinski definition) is 0. The summed E-state index contributed by atoms with van der Waals surface area (Å²) in [5.41, 5.74) is 0.340. The molecule has 1 aromatic heterocycles. The van der Waals surface area contributed by atoms with Crippen molar-refractivity contribution in [2.45, 2.75) is 19.9 Å². The number of rotatable bonds is 2. The Morgan fingerprint density at radius 1 is 1.69 bits per heavy atom. The Kier molecular flexibility index (Phi) is 3.78. The van der Waals surface area contributed by atoms with E-state index in [0.29, 0.717) is 24.4 Å². The SMILES string of the molecule is CCn1ncc(C#CCCCl)c1F. The average molecular weight is 201 g/mol. The highest BCUT2D eigenvalue weighted by Crippen LogP contribution is 2.04. The highest BCUT2D eigenvalue weighted by atomic mass is 35.5. The summed E-state index contributed by atoms with van der Waals surface area (Å²) in [5, 5.41) is 3.82. The van der Waals surface area contributed by atoms with Crippen molar-refractivity contribution in [1.82, 2.24) is 9.78 Å². The van der Waals surface area contributed by atoms with Crippen LogP contribution in [0.3, 0.4) is 0 Å². The maximum atomic E-state index is 13.2. The third kappa shape index (κ3) is 2.46. The molecule has 0 saturated heterocycles. The van der Waals surface area contributed by atoms with Gasteiger partial charge in [-0.25, -0.2) is 4.68 Å². The third-order valence-corrected chi connectivity index (χ3v) is 1.71. The number of aryl methyl sites for hydroxylation is 1. The Labute approximate surface area is 81.7 Å². The van der Waals surface area contributed by atoms with Gasteiger partial charge in [0.1, 0.15) is 0 Å². The number of alkyl halides is 1. The van der Waals surface area contributed by atoms with Crippen LogP contribution in [0.15, 0.2) is 6.20 Å². The van der Waals surface area contributed by atoms with Gasteiger partial charge in [0, 0.05) is 18.8 Å². The van der Waals surface area contributed by atoms with E-state index < -0.39 is 0 Å². The smallest absolute Gasteiger partial charge is 0.227 e. The van der Waals surface area contributed by atoms with Crippen LogP contribution in [0.4, 0.5) is 4.39 Å². The molecule has 0 aliphatic heterocycles. The van der Waals surface area contributed by atoms with Gasteiger partial charge in [0.25, 0.3) is 0 Å². The van der Waals surface area contributed by atoms with Crippen LogP contribution in [0.5, 0.6) is 0 Å². The fraction of sp³-hybridized carbons (Fsp3) is 0.444. The van der Waals surface area contributed by atoms with E-state index >= 15 is 0 Å². The highest BCUT2D eigenvalue weighted by Gasteiger charge is 2.05. The molecule has 0 radical (unpaired) electrons. The van der Waals surface area contributed by atoms with Crippen molar-refractivity contribution in [3.05, 3.63) is 17.7 Å². The minimum absolute atomic E-state index is 0.340. The fourth-order valence-corrected chi connectivity index (χ4v) is 0.974. The Bertz CT molecular complexity index is 335. The minimum Gasteiger partial charge on any atom is -0.239 e. The van der Waals surface area contributed by atoms with Gasteiger partial charge in [-0.2, -0.15) is 9.49 Å². The van der Waals surface area contributed by atoms with Crippen LogP contribution in [-0.2, 0) is 6.54 Å². The topological polar surface area (TPSA) is 17.8 Å². The molecule has 0 atom stereocenters. The Morgan fingerprint density at radius 3 is 3.00 bits per heavy atom. The summed E-state index contributed by atoms with van der Waals surface area (Å²) in [6, 6.07) is 0. The van der Waals surface area contributed by atoms with Crippen LogP contribution >= 0.6 is 11.6 Å². The summed E-state index contributed by atoms with van der Waals surface area (Å²) in [5.74, 6) is 5.53. The van der Waals surface area contributed by atoms with Crippen molar-refractivity contribution in [2.75, 3.05) is 5.88 Å². The van der Waals surface area contributed by atoms with Crippen LogP contribution < -0.4 is 0 Å². The molecule has 70 valence electrons. The lowest BCUT2D eigenvalue weighted by atomic mass is 10.3. The van der Waals surface area contributed by atoms with Gasteiger partial charge in [0.15, 0.2) is 0 Å². The van der Waals surface area contributed by atoms with Gasteiger partial charge in [0.05, 0.1) is 11.8 Å². The molecule has 13 heavy (non-hydrogen) atoms. The average Bonchev–Trinajstić information content (AvgIpc) is 2.48. The quantitative estimate of drug-likeness (QED) is 0.528. The van der Waals surface area contributed by atoms with Crippen molar-refractivity contribution in [3.63, 3.8) is 0 Å². The van der Waals surface area contributed by atoms with Crippen molar-refractivity contribution in [1.29, 1.82) is 0 Å². The first-order valence-corrected chi connectivity index (χ1v) is 4.59. The number of hydrogen-bond acceptors (Lipinski definition) is 1. The van der Waals surface area contributed by atoms with Crippen LogP contribution in [0, 0.1) is 17.8 Å². The maximum Gasteiger partial charge on any atom is 0.227 e. The van der Waals surface area contributed by atoms with Crippen molar-refractivity contribution in [2.24, 2.45) is 0 Å². The van der Waals surface area contributed by atoms with E-state index in [1.807, 2.05) is 6.92 Å². The predicted octanol–water partition coefficient (Wildman–Crippen LogP) is 2.02. The molecule has 1 rings (SSSR count). The summed E-state index contributed by atoms with van der Waals surface area (Å²) >= 11 is 5.42. The van der Waals surface area contributed by atoms with E-state index in [1.165, 1.54) is 10.9 Å². The molecule has 0 aromatic carbocycles. The second-order valence-corrected chi connectivity index (χ2v) is 2.78. The summed E-state index contributed by atoms with van der Waals surface area (Å²) in [6.45, 7) is 2.34. The van der Waals surface area contributed by atoms with Gasteiger partial charge in [-0.15, -0.1) is 11.6 Å². The molecule has 0 fully saturated rings. The molecule has 0 aliphatic rings. The zero-order chi connectivity index (χ0) is 9.68. The summed E-state index contributed by atoms with van der Waals surface area (Å²) in [6.07, 6.45) is 2.00. The molecule has 4 heteroatoms. The lowest BCUT2D eigenvalue weighted by molar-refractivity contribution is 0.469. The van der Waals surface area contributed by atoms with Gasteiger partial charge in [-0.05, 0) is 6.92 Å². The zero-order valence-electron chi connectivity index (χ0n) is 7.35. The first-order chi connectivity index (χ1) is 6.29. The van der Waals surface area contributed by atoms with Gasteiger partial charge in [0.2, 0.25) is 5.95 Å². The Hall–Kier alpha value is -1.01. The molecular weight excluding hydrogens is 191 g/mol. The molecule has 0 N–H and O–H groups in total. The van der Waals surface area contributed by atoms with Crippen LogP contribution in [-0.4, -0.2) is 15.7 Å². The molecule has 0 saturated carbocycles. The van der Waals surface area contributed by atoms with Gasteiger partial charge in [-0.3, -0.25) is 0 Å². The van der Waals surface area contributed by atoms with Crippen LogP contribution in [0.1, 0.15) is 18.9 Å². The number of aromatic nitrogens is 2. The van der Waals surface area contributed by atoms with Crippen molar-refractivity contribution in [3.8, 4) is 11.8 Å². The fourth-order valence-electron chi connectivity index (χ4n) is 0.880.